The number of nitrogens with zero attached hydrogens (tertiary/aromatic N) is 3. The minimum atomic E-state index is -0.429. The number of rotatable bonds is 2. The van der Waals surface area contributed by atoms with Crippen molar-refractivity contribution < 1.29 is 9.59 Å². The van der Waals surface area contributed by atoms with Crippen LogP contribution in [0.5, 0.6) is 0 Å². The quantitative estimate of drug-likeness (QED) is 0.800. The summed E-state index contributed by atoms with van der Waals surface area (Å²) in [7, 11) is 0. The number of benzene rings is 2. The van der Waals surface area contributed by atoms with E-state index in [1.54, 1.807) is 4.90 Å². The van der Waals surface area contributed by atoms with Gasteiger partial charge in [0.25, 0.3) is 0 Å². The van der Waals surface area contributed by atoms with Crippen LogP contribution in [0.25, 0.3) is 0 Å². The summed E-state index contributed by atoms with van der Waals surface area (Å²) >= 11 is 5.96. The third-order valence-electron chi connectivity index (χ3n) is 5.38. The molecular weight excluding hydrogens is 362 g/mol. The molecule has 0 aromatic heterocycles. The summed E-state index contributed by atoms with van der Waals surface area (Å²) in [4.78, 5) is 31.2. The molecule has 0 saturated carbocycles. The van der Waals surface area contributed by atoms with Gasteiger partial charge in [-0.05, 0) is 35.9 Å². The van der Waals surface area contributed by atoms with Gasteiger partial charge in [0, 0.05) is 55.9 Å². The highest BCUT2D eigenvalue weighted by atomic mass is 35.5. The van der Waals surface area contributed by atoms with Crippen molar-refractivity contribution in [3.8, 4) is 0 Å². The zero-order valence-electron chi connectivity index (χ0n) is 15.3. The minimum Gasteiger partial charge on any atom is -0.368 e. The molecule has 4 rings (SSSR count). The molecule has 0 radical (unpaired) electrons. The molecule has 27 heavy (non-hydrogen) atoms. The Morgan fingerprint density at radius 3 is 2.30 bits per heavy atom. The molecule has 2 aromatic carbocycles. The standard InChI is InChI=1S/C21H22ClN3O2/c1-15(26)25-19-5-3-2-4-16(19)14-20(25)21(27)24-12-10-23(11-13-24)18-8-6-17(22)7-9-18/h2-9,20H,10-14H2,1H3/t20-/m0/s1. The van der Waals surface area contributed by atoms with E-state index in [0.29, 0.717) is 19.5 Å². The minimum absolute atomic E-state index is 0.0390. The van der Waals surface area contributed by atoms with E-state index in [1.807, 2.05) is 53.4 Å². The molecule has 0 spiro atoms. The topological polar surface area (TPSA) is 43.9 Å². The fourth-order valence-electron chi connectivity index (χ4n) is 4.02. The Labute approximate surface area is 164 Å². The lowest BCUT2D eigenvalue weighted by Crippen LogP contribution is -2.55. The van der Waals surface area contributed by atoms with E-state index < -0.39 is 6.04 Å². The SMILES string of the molecule is CC(=O)N1c2ccccc2C[C@H]1C(=O)N1CCN(c2ccc(Cl)cc2)CC1. The van der Waals surface area contributed by atoms with E-state index >= 15 is 0 Å². The Balaban J connectivity index is 1.45. The van der Waals surface area contributed by atoms with Crippen molar-refractivity contribution in [1.29, 1.82) is 0 Å². The van der Waals surface area contributed by atoms with Crippen LogP contribution in [0.1, 0.15) is 12.5 Å². The Morgan fingerprint density at radius 2 is 1.63 bits per heavy atom. The van der Waals surface area contributed by atoms with Crippen LogP contribution >= 0.6 is 11.6 Å². The van der Waals surface area contributed by atoms with Crippen LogP contribution in [0.4, 0.5) is 11.4 Å². The molecular formula is C21H22ClN3O2. The molecule has 1 fully saturated rings. The Kier molecular flexibility index (Phi) is 4.79. The molecule has 0 N–H and O–H groups in total. The first-order valence-electron chi connectivity index (χ1n) is 9.21. The van der Waals surface area contributed by atoms with Gasteiger partial charge in [0.2, 0.25) is 11.8 Å². The van der Waals surface area contributed by atoms with E-state index in [0.717, 1.165) is 35.1 Å². The van der Waals surface area contributed by atoms with Crippen LogP contribution in [0.15, 0.2) is 48.5 Å². The summed E-state index contributed by atoms with van der Waals surface area (Å²) in [5.41, 5.74) is 3.04. The van der Waals surface area contributed by atoms with Gasteiger partial charge in [-0.2, -0.15) is 0 Å². The molecule has 1 atom stereocenters. The van der Waals surface area contributed by atoms with Crippen LogP contribution < -0.4 is 9.80 Å². The van der Waals surface area contributed by atoms with Crippen LogP contribution in [0.2, 0.25) is 5.02 Å². The second-order valence-electron chi connectivity index (χ2n) is 7.03. The lowest BCUT2D eigenvalue weighted by atomic mass is 10.1. The van der Waals surface area contributed by atoms with E-state index in [4.69, 9.17) is 11.6 Å². The van der Waals surface area contributed by atoms with Gasteiger partial charge < -0.3 is 9.80 Å². The molecule has 6 heteroatoms. The van der Waals surface area contributed by atoms with Gasteiger partial charge in [-0.3, -0.25) is 14.5 Å². The summed E-state index contributed by atoms with van der Waals surface area (Å²) < 4.78 is 0. The third-order valence-corrected chi connectivity index (χ3v) is 5.64. The summed E-state index contributed by atoms with van der Waals surface area (Å²) in [6.45, 7) is 4.38. The summed E-state index contributed by atoms with van der Waals surface area (Å²) in [5.74, 6) is -0.0461. The highest BCUT2D eigenvalue weighted by molar-refractivity contribution is 6.30. The lowest BCUT2D eigenvalue weighted by molar-refractivity contribution is -0.134. The number of fused-ring (bicyclic) bond motifs is 1. The Hall–Kier alpha value is -2.53. The van der Waals surface area contributed by atoms with Crippen LogP contribution in [0, 0.1) is 0 Å². The number of amides is 2. The first kappa shape index (κ1) is 17.9. The number of halogens is 1. The zero-order valence-corrected chi connectivity index (χ0v) is 16.0. The summed E-state index contributed by atoms with van der Waals surface area (Å²) in [5, 5.41) is 0.720. The molecule has 0 unspecified atom stereocenters. The van der Waals surface area contributed by atoms with Gasteiger partial charge in [0.15, 0.2) is 0 Å². The highest BCUT2D eigenvalue weighted by Crippen LogP contribution is 2.33. The maximum absolute atomic E-state index is 13.2. The van der Waals surface area contributed by atoms with Gasteiger partial charge in [0.1, 0.15) is 6.04 Å². The molecule has 1 saturated heterocycles. The normalized spacial score (nSPS) is 19.2. The number of hydrogen-bond donors (Lipinski definition) is 0. The number of para-hydroxylation sites is 1. The zero-order chi connectivity index (χ0) is 19.0. The van der Waals surface area contributed by atoms with Crippen LogP contribution in [0.3, 0.4) is 0 Å². The van der Waals surface area contributed by atoms with E-state index in [1.165, 1.54) is 6.92 Å². The van der Waals surface area contributed by atoms with Crippen molar-refractivity contribution in [1.82, 2.24) is 4.90 Å². The third kappa shape index (κ3) is 3.39. The van der Waals surface area contributed by atoms with Crippen molar-refractivity contribution >= 4 is 34.8 Å². The molecule has 2 heterocycles. The number of piperazine rings is 1. The van der Waals surface area contributed by atoms with Gasteiger partial charge in [0.05, 0.1) is 0 Å². The molecule has 140 valence electrons. The van der Waals surface area contributed by atoms with E-state index in [2.05, 4.69) is 4.90 Å². The fourth-order valence-corrected chi connectivity index (χ4v) is 4.15. The molecule has 0 aliphatic carbocycles. The molecule has 2 aliphatic heterocycles. The Bertz CT molecular complexity index is 860. The molecule has 2 amide bonds. The van der Waals surface area contributed by atoms with Crippen molar-refractivity contribution in [3.05, 3.63) is 59.1 Å². The van der Waals surface area contributed by atoms with Crippen LogP contribution in [-0.4, -0.2) is 48.9 Å². The van der Waals surface area contributed by atoms with Gasteiger partial charge in [-0.25, -0.2) is 0 Å². The maximum atomic E-state index is 13.2. The van der Waals surface area contributed by atoms with Gasteiger partial charge in [-0.1, -0.05) is 29.8 Å². The first-order valence-corrected chi connectivity index (χ1v) is 9.59. The number of carbonyl (C=O) groups excluding carboxylic acids is 2. The van der Waals surface area contributed by atoms with Gasteiger partial charge in [-0.15, -0.1) is 0 Å². The summed E-state index contributed by atoms with van der Waals surface area (Å²) in [6, 6.07) is 15.1. The average molecular weight is 384 g/mol. The molecule has 2 aliphatic rings. The van der Waals surface area contributed by atoms with Crippen molar-refractivity contribution in [2.45, 2.75) is 19.4 Å². The second kappa shape index (κ2) is 7.24. The highest BCUT2D eigenvalue weighted by Gasteiger charge is 2.39. The smallest absolute Gasteiger partial charge is 0.246 e. The predicted molar refractivity (Wildman–Crippen MR) is 107 cm³/mol. The Morgan fingerprint density at radius 1 is 0.963 bits per heavy atom. The number of anilines is 2. The molecule has 5 nitrogen and oxygen atoms in total. The first-order chi connectivity index (χ1) is 13.0. The lowest BCUT2D eigenvalue weighted by Gasteiger charge is -2.38. The van der Waals surface area contributed by atoms with Gasteiger partial charge >= 0.3 is 0 Å². The monoisotopic (exact) mass is 383 g/mol. The number of hydrogen-bond acceptors (Lipinski definition) is 3. The van der Waals surface area contributed by atoms with E-state index in [-0.39, 0.29) is 11.8 Å². The van der Waals surface area contributed by atoms with Crippen LogP contribution in [-0.2, 0) is 16.0 Å². The molecule has 2 aromatic rings. The molecule has 0 bridgehead atoms. The summed E-state index contributed by atoms with van der Waals surface area (Å²) in [6.07, 6.45) is 0.589. The van der Waals surface area contributed by atoms with Crippen molar-refractivity contribution in [3.63, 3.8) is 0 Å². The van der Waals surface area contributed by atoms with E-state index in [9.17, 15) is 9.59 Å². The van der Waals surface area contributed by atoms with Crippen molar-refractivity contribution in [2.75, 3.05) is 36.0 Å². The maximum Gasteiger partial charge on any atom is 0.246 e. The van der Waals surface area contributed by atoms with Crippen molar-refractivity contribution in [2.24, 2.45) is 0 Å². The largest absolute Gasteiger partial charge is 0.368 e. The predicted octanol–water partition coefficient (Wildman–Crippen LogP) is 2.97. The number of carbonyl (C=O) groups is 2. The average Bonchev–Trinajstić information content (AvgIpc) is 3.08. The fraction of sp³-hybridized carbons (Fsp3) is 0.333. The second-order valence-corrected chi connectivity index (χ2v) is 7.46.